The zero-order valence-corrected chi connectivity index (χ0v) is 10.6. The lowest BCUT2D eigenvalue weighted by atomic mass is 10.1. The molecule has 0 aliphatic rings. The molecule has 2 heteroatoms. The maximum Gasteiger partial charge on any atom is 0.246 e. The standard InChI is InChI=1S/C13H25NO/c1-5-6-7-8-12(4)13(15)14-10-9-11(2)3/h8,11H,5-7,9-10H2,1-4H3,(H,14,15). The summed E-state index contributed by atoms with van der Waals surface area (Å²) in [5.74, 6) is 0.737. The van der Waals surface area contributed by atoms with Gasteiger partial charge >= 0.3 is 0 Å². The molecule has 0 fully saturated rings. The van der Waals surface area contributed by atoms with Crippen LogP contribution in [0.3, 0.4) is 0 Å². The van der Waals surface area contributed by atoms with Crippen LogP contribution in [0.15, 0.2) is 11.6 Å². The fourth-order valence-corrected chi connectivity index (χ4v) is 1.23. The second-order valence-corrected chi connectivity index (χ2v) is 4.47. The largest absolute Gasteiger partial charge is 0.352 e. The van der Waals surface area contributed by atoms with Crippen LogP contribution in [0.25, 0.3) is 0 Å². The molecular formula is C13H25NO. The van der Waals surface area contributed by atoms with Crippen molar-refractivity contribution in [3.63, 3.8) is 0 Å². The van der Waals surface area contributed by atoms with Crippen LogP contribution in [0.1, 0.15) is 53.4 Å². The Balaban J connectivity index is 3.73. The minimum atomic E-state index is 0.0896. The lowest BCUT2D eigenvalue weighted by Crippen LogP contribution is -2.25. The highest BCUT2D eigenvalue weighted by atomic mass is 16.1. The average molecular weight is 211 g/mol. The van der Waals surface area contributed by atoms with Crippen LogP contribution < -0.4 is 5.32 Å². The van der Waals surface area contributed by atoms with Gasteiger partial charge < -0.3 is 5.32 Å². The van der Waals surface area contributed by atoms with Crippen molar-refractivity contribution in [2.75, 3.05) is 6.54 Å². The van der Waals surface area contributed by atoms with Gasteiger partial charge in [0.25, 0.3) is 0 Å². The number of carbonyl (C=O) groups is 1. The molecule has 1 amide bonds. The van der Waals surface area contributed by atoms with Gasteiger partial charge in [-0.15, -0.1) is 0 Å². The van der Waals surface area contributed by atoms with Gasteiger partial charge in [-0.1, -0.05) is 39.7 Å². The third-order valence-electron chi connectivity index (χ3n) is 2.37. The predicted molar refractivity (Wildman–Crippen MR) is 65.7 cm³/mol. The van der Waals surface area contributed by atoms with Gasteiger partial charge in [0.15, 0.2) is 0 Å². The Labute approximate surface area is 94.1 Å². The molecule has 15 heavy (non-hydrogen) atoms. The Morgan fingerprint density at radius 1 is 1.40 bits per heavy atom. The number of nitrogens with one attached hydrogen (secondary N) is 1. The van der Waals surface area contributed by atoms with Crippen LogP contribution in [0.2, 0.25) is 0 Å². The van der Waals surface area contributed by atoms with E-state index in [0.29, 0.717) is 5.92 Å². The van der Waals surface area contributed by atoms with Gasteiger partial charge in [-0.3, -0.25) is 4.79 Å². The molecule has 1 N–H and O–H groups in total. The molecule has 0 saturated heterocycles. The third-order valence-corrected chi connectivity index (χ3v) is 2.37. The molecule has 88 valence electrons. The van der Waals surface area contributed by atoms with Gasteiger partial charge in [0.05, 0.1) is 0 Å². The van der Waals surface area contributed by atoms with Crippen molar-refractivity contribution in [1.82, 2.24) is 5.32 Å². The summed E-state index contributed by atoms with van der Waals surface area (Å²) in [7, 11) is 0. The maximum atomic E-state index is 11.5. The molecule has 0 spiro atoms. The van der Waals surface area contributed by atoms with Crippen LogP contribution in [0.4, 0.5) is 0 Å². The molecule has 0 bridgehead atoms. The molecule has 0 saturated carbocycles. The highest BCUT2D eigenvalue weighted by Crippen LogP contribution is 2.02. The first-order valence-corrected chi connectivity index (χ1v) is 6.02. The van der Waals surface area contributed by atoms with Crippen LogP contribution in [-0.2, 0) is 4.79 Å². The van der Waals surface area contributed by atoms with Crippen molar-refractivity contribution in [3.05, 3.63) is 11.6 Å². The minimum Gasteiger partial charge on any atom is -0.352 e. The van der Waals surface area contributed by atoms with Crippen LogP contribution in [0.5, 0.6) is 0 Å². The summed E-state index contributed by atoms with van der Waals surface area (Å²) in [6.45, 7) is 9.16. The van der Waals surface area contributed by atoms with Gasteiger partial charge in [0, 0.05) is 12.1 Å². The van der Waals surface area contributed by atoms with E-state index < -0.39 is 0 Å². The first-order valence-electron chi connectivity index (χ1n) is 6.02. The third kappa shape index (κ3) is 8.22. The lowest BCUT2D eigenvalue weighted by Gasteiger charge is -2.07. The quantitative estimate of drug-likeness (QED) is 0.508. The molecule has 0 aromatic carbocycles. The summed E-state index contributed by atoms with van der Waals surface area (Å²) in [6.07, 6.45) is 6.44. The first-order chi connectivity index (χ1) is 7.07. The summed E-state index contributed by atoms with van der Waals surface area (Å²) in [5.41, 5.74) is 0.854. The molecule has 0 aromatic heterocycles. The van der Waals surface area contributed by atoms with Gasteiger partial charge in [0.2, 0.25) is 5.91 Å². The van der Waals surface area contributed by atoms with E-state index in [1.54, 1.807) is 0 Å². The smallest absolute Gasteiger partial charge is 0.246 e. The van der Waals surface area contributed by atoms with Crippen molar-refractivity contribution in [3.8, 4) is 0 Å². The first kappa shape index (κ1) is 14.2. The van der Waals surface area contributed by atoms with Crippen molar-refractivity contribution in [1.29, 1.82) is 0 Å². The van der Waals surface area contributed by atoms with E-state index >= 15 is 0 Å². The number of hydrogen-bond acceptors (Lipinski definition) is 1. The molecule has 0 unspecified atom stereocenters. The van der Waals surface area contributed by atoms with E-state index in [1.165, 1.54) is 6.42 Å². The predicted octanol–water partition coefficient (Wildman–Crippen LogP) is 3.29. The monoisotopic (exact) mass is 211 g/mol. The normalized spacial score (nSPS) is 11.9. The number of unbranched alkanes of at least 4 members (excludes halogenated alkanes) is 2. The number of allylic oxidation sites excluding steroid dienone is 1. The van der Waals surface area contributed by atoms with Gasteiger partial charge in [-0.05, 0) is 25.7 Å². The summed E-state index contributed by atoms with van der Waals surface area (Å²) in [5, 5.41) is 2.93. The van der Waals surface area contributed by atoms with E-state index in [1.807, 2.05) is 13.0 Å². The lowest BCUT2D eigenvalue weighted by molar-refractivity contribution is -0.117. The minimum absolute atomic E-state index is 0.0896. The highest BCUT2D eigenvalue weighted by molar-refractivity contribution is 5.92. The van der Waals surface area contributed by atoms with Gasteiger partial charge in [-0.2, -0.15) is 0 Å². The Bertz CT molecular complexity index is 207. The van der Waals surface area contributed by atoms with Gasteiger partial charge in [0.1, 0.15) is 0 Å². The number of carbonyl (C=O) groups excluding carboxylic acids is 1. The van der Waals surface area contributed by atoms with Crippen LogP contribution in [-0.4, -0.2) is 12.5 Å². The van der Waals surface area contributed by atoms with E-state index in [2.05, 4.69) is 26.1 Å². The molecule has 0 rings (SSSR count). The second kappa shape index (κ2) is 8.51. The zero-order chi connectivity index (χ0) is 11.7. The van der Waals surface area contributed by atoms with E-state index in [-0.39, 0.29) is 5.91 Å². The molecule has 0 heterocycles. The van der Waals surface area contributed by atoms with Crippen LogP contribution >= 0.6 is 0 Å². The molecule has 0 aliphatic carbocycles. The summed E-state index contributed by atoms with van der Waals surface area (Å²) in [4.78, 5) is 11.5. The Kier molecular flexibility index (Phi) is 8.06. The summed E-state index contributed by atoms with van der Waals surface area (Å²) >= 11 is 0. The van der Waals surface area contributed by atoms with E-state index in [0.717, 1.165) is 31.4 Å². The second-order valence-electron chi connectivity index (χ2n) is 4.47. The maximum absolute atomic E-state index is 11.5. The average Bonchev–Trinajstić information content (AvgIpc) is 2.17. The fraction of sp³-hybridized carbons (Fsp3) is 0.769. The number of rotatable bonds is 7. The SMILES string of the molecule is CCCCC=C(C)C(=O)NCCC(C)C. The van der Waals surface area contributed by atoms with Crippen molar-refractivity contribution in [2.45, 2.75) is 53.4 Å². The Morgan fingerprint density at radius 3 is 2.60 bits per heavy atom. The molecule has 0 atom stereocenters. The zero-order valence-electron chi connectivity index (χ0n) is 10.6. The number of amides is 1. The topological polar surface area (TPSA) is 29.1 Å². The van der Waals surface area contributed by atoms with Crippen molar-refractivity contribution in [2.24, 2.45) is 5.92 Å². The molecule has 0 radical (unpaired) electrons. The molecule has 2 nitrogen and oxygen atoms in total. The summed E-state index contributed by atoms with van der Waals surface area (Å²) in [6, 6.07) is 0. The fourth-order valence-electron chi connectivity index (χ4n) is 1.23. The highest BCUT2D eigenvalue weighted by Gasteiger charge is 2.02. The van der Waals surface area contributed by atoms with Gasteiger partial charge in [-0.25, -0.2) is 0 Å². The van der Waals surface area contributed by atoms with E-state index in [4.69, 9.17) is 0 Å². The number of hydrogen-bond donors (Lipinski definition) is 1. The molecule has 0 aromatic rings. The van der Waals surface area contributed by atoms with E-state index in [9.17, 15) is 4.79 Å². The Morgan fingerprint density at radius 2 is 2.07 bits per heavy atom. The van der Waals surface area contributed by atoms with Crippen molar-refractivity contribution < 1.29 is 4.79 Å². The summed E-state index contributed by atoms with van der Waals surface area (Å²) < 4.78 is 0. The van der Waals surface area contributed by atoms with Crippen LogP contribution in [0, 0.1) is 5.92 Å². The molecule has 0 aliphatic heterocycles. The van der Waals surface area contributed by atoms with Crippen molar-refractivity contribution >= 4 is 5.91 Å². The molecular weight excluding hydrogens is 186 g/mol. The Hall–Kier alpha value is -0.790.